The van der Waals surface area contributed by atoms with Crippen LogP contribution in [0.4, 0.5) is 5.69 Å². The lowest BCUT2D eigenvalue weighted by Crippen LogP contribution is -2.38. The standard InChI is InChI=1S/C21H16Cl2N4O4/c1-26(9-17(28)25-12-6-7-14(22)15(23)8-12)18(29)10-27-11-24-19-13-4-2-3-5-16(13)31-20(19)21(27)30/h2-8,11H,9-10H2,1H3,(H,25,28). The van der Waals surface area contributed by atoms with E-state index >= 15 is 0 Å². The molecular weight excluding hydrogens is 443 g/mol. The molecule has 158 valence electrons. The van der Waals surface area contributed by atoms with Crippen molar-refractivity contribution < 1.29 is 14.0 Å². The highest BCUT2D eigenvalue weighted by Gasteiger charge is 2.18. The maximum Gasteiger partial charge on any atom is 0.297 e. The van der Waals surface area contributed by atoms with E-state index in [0.717, 1.165) is 9.95 Å². The van der Waals surface area contributed by atoms with Gasteiger partial charge in [-0.2, -0.15) is 0 Å². The minimum absolute atomic E-state index is 0.0801. The third-order valence-electron chi connectivity index (χ3n) is 4.67. The number of fused-ring (bicyclic) bond motifs is 3. The van der Waals surface area contributed by atoms with Crippen LogP contribution in [-0.2, 0) is 16.1 Å². The zero-order valence-electron chi connectivity index (χ0n) is 16.3. The number of para-hydroxylation sites is 1. The molecular formula is C21H16Cl2N4O4. The van der Waals surface area contributed by atoms with E-state index in [1.807, 2.05) is 12.1 Å². The number of nitrogens with zero attached hydrogens (tertiary/aromatic N) is 3. The lowest BCUT2D eigenvalue weighted by atomic mass is 10.2. The molecule has 0 bridgehead atoms. The Labute approximate surface area is 186 Å². The topological polar surface area (TPSA) is 97.4 Å². The number of hydrogen-bond acceptors (Lipinski definition) is 5. The highest BCUT2D eigenvalue weighted by Crippen LogP contribution is 2.25. The van der Waals surface area contributed by atoms with Crippen LogP contribution in [0, 0.1) is 0 Å². The van der Waals surface area contributed by atoms with Gasteiger partial charge in [-0.05, 0) is 30.3 Å². The number of nitrogens with one attached hydrogen (secondary N) is 1. The molecule has 8 nitrogen and oxygen atoms in total. The van der Waals surface area contributed by atoms with Crippen LogP contribution in [0.5, 0.6) is 0 Å². The summed E-state index contributed by atoms with van der Waals surface area (Å²) in [5.74, 6) is -0.865. The Hall–Kier alpha value is -3.36. The van der Waals surface area contributed by atoms with Crippen LogP contribution in [0.25, 0.3) is 22.1 Å². The third kappa shape index (κ3) is 4.26. The maximum atomic E-state index is 12.7. The summed E-state index contributed by atoms with van der Waals surface area (Å²) >= 11 is 11.8. The first-order valence-electron chi connectivity index (χ1n) is 9.19. The number of likely N-dealkylation sites (N-methyl/N-ethyl adjacent to an activating group) is 1. The van der Waals surface area contributed by atoms with Gasteiger partial charge in [-0.1, -0.05) is 35.3 Å². The number of aromatic nitrogens is 2. The SMILES string of the molecule is CN(CC(=O)Nc1ccc(Cl)c(Cl)c1)C(=O)Cn1cnc2c(oc3ccccc32)c1=O. The molecule has 0 aliphatic heterocycles. The van der Waals surface area contributed by atoms with E-state index in [9.17, 15) is 14.4 Å². The van der Waals surface area contributed by atoms with Crippen LogP contribution >= 0.6 is 23.2 Å². The number of halogens is 2. The fourth-order valence-electron chi connectivity index (χ4n) is 3.07. The molecule has 0 aliphatic rings. The normalized spacial score (nSPS) is 11.1. The van der Waals surface area contributed by atoms with Gasteiger partial charge >= 0.3 is 0 Å². The van der Waals surface area contributed by atoms with Gasteiger partial charge in [-0.25, -0.2) is 4.98 Å². The van der Waals surface area contributed by atoms with Crippen molar-refractivity contribution in [2.45, 2.75) is 6.54 Å². The number of carbonyl (C=O) groups excluding carboxylic acids is 2. The Morgan fingerprint density at radius 3 is 2.71 bits per heavy atom. The van der Waals surface area contributed by atoms with Crippen molar-refractivity contribution in [3.8, 4) is 0 Å². The second-order valence-corrected chi connectivity index (χ2v) is 7.69. The first-order chi connectivity index (χ1) is 14.8. The smallest absolute Gasteiger partial charge is 0.297 e. The number of hydrogen-bond donors (Lipinski definition) is 1. The Bertz CT molecular complexity index is 1380. The van der Waals surface area contributed by atoms with E-state index < -0.39 is 17.4 Å². The van der Waals surface area contributed by atoms with Crippen molar-refractivity contribution in [3.63, 3.8) is 0 Å². The Morgan fingerprint density at radius 1 is 1.16 bits per heavy atom. The van der Waals surface area contributed by atoms with Gasteiger partial charge in [0.05, 0.1) is 22.9 Å². The molecule has 0 aliphatic carbocycles. The molecule has 2 heterocycles. The summed E-state index contributed by atoms with van der Waals surface area (Å²) in [7, 11) is 1.47. The molecule has 0 radical (unpaired) electrons. The van der Waals surface area contributed by atoms with Crippen LogP contribution in [0.15, 0.2) is 58.0 Å². The van der Waals surface area contributed by atoms with Crippen molar-refractivity contribution >= 4 is 62.8 Å². The summed E-state index contributed by atoms with van der Waals surface area (Å²) in [5.41, 5.74) is 1.05. The molecule has 0 atom stereocenters. The molecule has 1 N–H and O–H groups in total. The molecule has 4 aromatic rings. The Kier molecular flexibility index (Phi) is 5.67. The predicted molar refractivity (Wildman–Crippen MR) is 119 cm³/mol. The fraction of sp³-hybridized carbons (Fsp3) is 0.143. The van der Waals surface area contributed by atoms with Gasteiger partial charge < -0.3 is 14.6 Å². The van der Waals surface area contributed by atoms with Crippen molar-refractivity contribution in [2.24, 2.45) is 0 Å². The van der Waals surface area contributed by atoms with E-state index in [-0.39, 0.29) is 18.7 Å². The lowest BCUT2D eigenvalue weighted by molar-refractivity contribution is -0.133. The maximum absolute atomic E-state index is 12.7. The van der Waals surface area contributed by atoms with Crippen LogP contribution in [0.3, 0.4) is 0 Å². The molecule has 2 amide bonds. The van der Waals surface area contributed by atoms with Crippen LogP contribution in [0.2, 0.25) is 10.0 Å². The van der Waals surface area contributed by atoms with Gasteiger partial charge in [0.2, 0.25) is 17.4 Å². The van der Waals surface area contributed by atoms with Crippen molar-refractivity contribution in [2.75, 3.05) is 18.9 Å². The van der Waals surface area contributed by atoms with E-state index in [0.29, 0.717) is 26.8 Å². The number of anilines is 1. The van der Waals surface area contributed by atoms with Gasteiger partial charge in [0.25, 0.3) is 5.56 Å². The zero-order chi connectivity index (χ0) is 22.1. The molecule has 0 fully saturated rings. The Balaban J connectivity index is 1.45. The highest BCUT2D eigenvalue weighted by atomic mass is 35.5. The number of amides is 2. The van der Waals surface area contributed by atoms with Gasteiger partial charge in [0, 0.05) is 18.1 Å². The van der Waals surface area contributed by atoms with Crippen LogP contribution < -0.4 is 10.9 Å². The molecule has 2 aromatic heterocycles. The summed E-state index contributed by atoms with van der Waals surface area (Å²) in [6.07, 6.45) is 1.30. The first-order valence-corrected chi connectivity index (χ1v) is 9.94. The average Bonchev–Trinajstić information content (AvgIpc) is 3.12. The van der Waals surface area contributed by atoms with Crippen molar-refractivity contribution in [1.29, 1.82) is 0 Å². The molecule has 0 unspecified atom stereocenters. The third-order valence-corrected chi connectivity index (χ3v) is 5.41. The quantitative estimate of drug-likeness (QED) is 0.493. The summed E-state index contributed by atoms with van der Waals surface area (Å²) in [5, 5.41) is 4.03. The van der Waals surface area contributed by atoms with E-state index in [2.05, 4.69) is 10.3 Å². The van der Waals surface area contributed by atoms with Gasteiger partial charge in [0.15, 0.2) is 0 Å². The minimum atomic E-state index is -0.469. The lowest BCUT2D eigenvalue weighted by Gasteiger charge is -2.17. The summed E-state index contributed by atoms with van der Waals surface area (Å²) in [6.45, 7) is -0.497. The molecule has 10 heteroatoms. The Morgan fingerprint density at radius 2 is 1.94 bits per heavy atom. The van der Waals surface area contributed by atoms with E-state index in [4.69, 9.17) is 27.6 Å². The largest absolute Gasteiger partial charge is 0.448 e. The molecule has 0 spiro atoms. The number of furan rings is 1. The molecule has 4 rings (SSSR count). The minimum Gasteiger partial charge on any atom is -0.448 e. The van der Waals surface area contributed by atoms with Gasteiger partial charge in [0.1, 0.15) is 17.6 Å². The van der Waals surface area contributed by atoms with E-state index in [1.54, 1.807) is 24.3 Å². The average molecular weight is 459 g/mol. The monoisotopic (exact) mass is 458 g/mol. The first kappa shape index (κ1) is 20.9. The van der Waals surface area contributed by atoms with Gasteiger partial charge in [-0.15, -0.1) is 0 Å². The second-order valence-electron chi connectivity index (χ2n) is 6.88. The van der Waals surface area contributed by atoms with Crippen LogP contribution in [-0.4, -0.2) is 39.9 Å². The number of carbonyl (C=O) groups is 2. The predicted octanol–water partition coefficient (Wildman–Crippen LogP) is 3.55. The van der Waals surface area contributed by atoms with Gasteiger partial charge in [-0.3, -0.25) is 19.0 Å². The summed E-state index contributed by atoms with van der Waals surface area (Å²) in [6, 6.07) is 11.8. The number of rotatable bonds is 5. The van der Waals surface area contributed by atoms with Crippen molar-refractivity contribution in [3.05, 3.63) is 69.2 Å². The fourth-order valence-corrected chi connectivity index (χ4v) is 3.37. The second kappa shape index (κ2) is 8.41. The zero-order valence-corrected chi connectivity index (χ0v) is 17.8. The van der Waals surface area contributed by atoms with E-state index in [1.165, 1.54) is 24.3 Å². The molecule has 2 aromatic carbocycles. The highest BCUT2D eigenvalue weighted by molar-refractivity contribution is 6.42. The van der Waals surface area contributed by atoms with Crippen molar-refractivity contribution in [1.82, 2.24) is 14.5 Å². The van der Waals surface area contributed by atoms with Crippen LogP contribution in [0.1, 0.15) is 0 Å². The molecule has 0 saturated heterocycles. The summed E-state index contributed by atoms with van der Waals surface area (Å²) < 4.78 is 6.76. The number of benzene rings is 2. The summed E-state index contributed by atoms with van der Waals surface area (Å²) in [4.78, 5) is 43.0. The molecule has 31 heavy (non-hydrogen) atoms. The molecule has 0 saturated carbocycles.